The monoisotopic (exact) mass is 429 g/mol. The lowest BCUT2D eigenvalue weighted by atomic mass is 9.97. The summed E-state index contributed by atoms with van der Waals surface area (Å²) in [7, 11) is 0. The summed E-state index contributed by atoms with van der Waals surface area (Å²) < 4.78 is 21.1. The number of anilines is 2. The summed E-state index contributed by atoms with van der Waals surface area (Å²) in [4.78, 5) is 23.0. The molecule has 2 N–H and O–H groups in total. The summed E-state index contributed by atoms with van der Waals surface area (Å²) in [6.07, 6.45) is 2.03. The lowest BCUT2D eigenvalue weighted by Gasteiger charge is -2.45. The third-order valence-corrected chi connectivity index (χ3v) is 5.66. The summed E-state index contributed by atoms with van der Waals surface area (Å²) in [6.45, 7) is 7.00. The van der Waals surface area contributed by atoms with Crippen LogP contribution in [0.1, 0.15) is 38.8 Å². The molecular weight excluding hydrogens is 401 g/mol. The number of aliphatic hydroxyl groups is 1. The Bertz CT molecular complexity index is 945. The van der Waals surface area contributed by atoms with Gasteiger partial charge in [0.15, 0.2) is 11.6 Å². The van der Waals surface area contributed by atoms with Crippen molar-refractivity contribution < 1.29 is 19.0 Å². The van der Waals surface area contributed by atoms with E-state index in [9.17, 15) is 9.90 Å². The van der Waals surface area contributed by atoms with E-state index in [0.717, 1.165) is 17.7 Å². The molecule has 0 spiro atoms. The normalized spacial score (nSPS) is 20.9. The predicted molar refractivity (Wildman–Crippen MR) is 115 cm³/mol. The Labute approximate surface area is 181 Å². The topological polar surface area (TPSA) is 90.8 Å². The molecule has 0 bridgehead atoms. The van der Waals surface area contributed by atoms with Crippen LogP contribution in [0.4, 0.5) is 16.0 Å². The van der Waals surface area contributed by atoms with Gasteiger partial charge in [-0.05, 0) is 31.5 Å². The summed E-state index contributed by atoms with van der Waals surface area (Å²) in [6, 6.07) is 7.56. The number of halogens is 1. The number of hydrogen-bond donors (Lipinski definition) is 2. The molecule has 2 aliphatic rings. The largest absolute Gasteiger partial charge is 0.489 e. The van der Waals surface area contributed by atoms with Gasteiger partial charge in [-0.15, -0.1) is 0 Å². The molecular formula is C22H28FN5O3. The zero-order chi connectivity index (χ0) is 22.2. The van der Waals surface area contributed by atoms with E-state index in [1.54, 1.807) is 11.8 Å². The van der Waals surface area contributed by atoms with E-state index in [1.807, 2.05) is 36.1 Å². The van der Waals surface area contributed by atoms with Gasteiger partial charge in [-0.25, -0.2) is 9.97 Å². The maximum Gasteiger partial charge on any atom is 0.217 e. The third-order valence-electron chi connectivity index (χ3n) is 5.66. The summed E-state index contributed by atoms with van der Waals surface area (Å²) in [5, 5.41) is 12.8. The molecule has 0 radical (unpaired) electrons. The lowest BCUT2D eigenvalue weighted by molar-refractivity contribution is -0.119. The maximum atomic E-state index is 15.1. The van der Waals surface area contributed by atoms with Gasteiger partial charge in [0.25, 0.3) is 0 Å². The highest BCUT2D eigenvalue weighted by Gasteiger charge is 2.39. The smallest absolute Gasteiger partial charge is 0.217 e. The van der Waals surface area contributed by atoms with Crippen molar-refractivity contribution in [3.8, 4) is 5.75 Å². The third kappa shape index (κ3) is 4.71. The molecule has 1 aromatic carbocycles. The molecule has 2 atom stereocenters. The van der Waals surface area contributed by atoms with Crippen LogP contribution in [0, 0.1) is 5.82 Å². The molecule has 9 heteroatoms. The number of amides is 1. The van der Waals surface area contributed by atoms with Crippen molar-refractivity contribution in [3.63, 3.8) is 0 Å². The number of nitrogens with zero attached hydrogens (tertiary/aromatic N) is 4. The highest BCUT2D eigenvalue weighted by Crippen LogP contribution is 2.32. The van der Waals surface area contributed by atoms with Crippen LogP contribution in [0.2, 0.25) is 0 Å². The van der Waals surface area contributed by atoms with Crippen molar-refractivity contribution >= 4 is 17.5 Å². The van der Waals surface area contributed by atoms with Gasteiger partial charge in [0.05, 0.1) is 18.2 Å². The molecule has 2 fully saturated rings. The maximum absolute atomic E-state index is 15.1. The molecule has 1 amide bonds. The number of carbonyl (C=O) groups excluding carboxylic acids is 1. The standard InChI is InChI=1S/C22H28FN5O3/c1-14(26-15(2)29)16-4-6-17(7-5-16)31-18-8-9-27(10-18)20-19(23)21(25-13-24-20)28-11-22(3,30)12-28/h4-7,13-14,18,30H,8-12H2,1-3H3,(H,26,29)/t14-,18+/m0/s1. The van der Waals surface area contributed by atoms with Gasteiger partial charge in [0.2, 0.25) is 11.7 Å². The highest BCUT2D eigenvalue weighted by molar-refractivity contribution is 5.73. The Morgan fingerprint density at radius 3 is 2.52 bits per heavy atom. The van der Waals surface area contributed by atoms with Gasteiger partial charge in [-0.2, -0.15) is 4.39 Å². The van der Waals surface area contributed by atoms with Crippen molar-refractivity contribution in [2.75, 3.05) is 36.0 Å². The highest BCUT2D eigenvalue weighted by atomic mass is 19.1. The van der Waals surface area contributed by atoms with Crippen LogP contribution in [0.25, 0.3) is 0 Å². The zero-order valence-electron chi connectivity index (χ0n) is 18.0. The molecule has 31 heavy (non-hydrogen) atoms. The van der Waals surface area contributed by atoms with Crippen molar-refractivity contribution in [2.24, 2.45) is 0 Å². The molecule has 2 aliphatic heterocycles. The van der Waals surface area contributed by atoms with E-state index >= 15 is 4.39 Å². The lowest BCUT2D eigenvalue weighted by Crippen LogP contribution is -2.60. The van der Waals surface area contributed by atoms with E-state index in [2.05, 4.69) is 15.3 Å². The molecule has 0 saturated carbocycles. The number of rotatable bonds is 6. The Hall–Kier alpha value is -2.94. The number of carbonyl (C=O) groups is 1. The molecule has 3 heterocycles. The van der Waals surface area contributed by atoms with Crippen molar-refractivity contribution in [2.45, 2.75) is 44.9 Å². The van der Waals surface area contributed by atoms with E-state index < -0.39 is 11.4 Å². The zero-order valence-corrected chi connectivity index (χ0v) is 18.0. The van der Waals surface area contributed by atoms with E-state index in [-0.39, 0.29) is 29.7 Å². The predicted octanol–water partition coefficient (Wildman–Crippen LogP) is 2.04. The molecule has 4 rings (SSSR count). The van der Waals surface area contributed by atoms with E-state index in [4.69, 9.17) is 4.74 Å². The molecule has 166 valence electrons. The Morgan fingerprint density at radius 2 is 1.90 bits per heavy atom. The fourth-order valence-electron chi connectivity index (χ4n) is 4.15. The van der Waals surface area contributed by atoms with Crippen LogP contribution in [-0.2, 0) is 4.79 Å². The number of nitrogens with one attached hydrogen (secondary N) is 1. The molecule has 2 saturated heterocycles. The van der Waals surface area contributed by atoms with Crippen LogP contribution in [-0.4, -0.2) is 58.9 Å². The second-order valence-corrected chi connectivity index (χ2v) is 8.65. The number of hydrogen-bond acceptors (Lipinski definition) is 7. The van der Waals surface area contributed by atoms with Crippen LogP contribution < -0.4 is 19.9 Å². The molecule has 0 aliphatic carbocycles. The van der Waals surface area contributed by atoms with Crippen LogP contribution in [0.3, 0.4) is 0 Å². The van der Waals surface area contributed by atoms with Gasteiger partial charge in [0, 0.05) is 33.0 Å². The van der Waals surface area contributed by atoms with Gasteiger partial charge in [0.1, 0.15) is 18.2 Å². The summed E-state index contributed by atoms with van der Waals surface area (Å²) in [5.41, 5.74) is 0.190. The second kappa shape index (κ2) is 8.30. The number of ether oxygens (including phenoxy) is 1. The minimum Gasteiger partial charge on any atom is -0.489 e. The molecule has 0 unspecified atom stereocenters. The minimum atomic E-state index is -0.806. The number of β-amino-alcohol motifs (C(OH)–C–C–N with tert-alkyl or cyclic N) is 1. The fraction of sp³-hybridized carbons (Fsp3) is 0.500. The summed E-state index contributed by atoms with van der Waals surface area (Å²) in [5.74, 6) is 0.692. The Balaban J connectivity index is 1.37. The van der Waals surface area contributed by atoms with Gasteiger partial charge in [-0.3, -0.25) is 4.79 Å². The first kappa shape index (κ1) is 21.3. The van der Waals surface area contributed by atoms with Gasteiger partial charge in [-0.1, -0.05) is 12.1 Å². The average Bonchev–Trinajstić information content (AvgIpc) is 3.14. The molecule has 1 aromatic heterocycles. The van der Waals surface area contributed by atoms with Crippen molar-refractivity contribution in [3.05, 3.63) is 42.0 Å². The first-order valence-electron chi connectivity index (χ1n) is 10.5. The quantitative estimate of drug-likeness (QED) is 0.726. The second-order valence-electron chi connectivity index (χ2n) is 8.65. The van der Waals surface area contributed by atoms with E-state index in [1.165, 1.54) is 13.3 Å². The van der Waals surface area contributed by atoms with Gasteiger partial charge >= 0.3 is 0 Å². The van der Waals surface area contributed by atoms with E-state index in [0.29, 0.717) is 26.2 Å². The van der Waals surface area contributed by atoms with Crippen LogP contribution in [0.5, 0.6) is 5.75 Å². The fourth-order valence-corrected chi connectivity index (χ4v) is 4.15. The minimum absolute atomic E-state index is 0.0708. The molecule has 2 aromatic rings. The molecule has 8 nitrogen and oxygen atoms in total. The first-order valence-corrected chi connectivity index (χ1v) is 10.5. The van der Waals surface area contributed by atoms with Crippen LogP contribution in [0.15, 0.2) is 30.6 Å². The number of aromatic nitrogens is 2. The SMILES string of the molecule is CC(=O)N[C@@H](C)c1ccc(O[C@@H]2CCN(c3ncnc(N4CC(C)(O)C4)c3F)C2)cc1. The Kier molecular flexibility index (Phi) is 5.70. The van der Waals surface area contributed by atoms with Crippen LogP contribution >= 0.6 is 0 Å². The summed E-state index contributed by atoms with van der Waals surface area (Å²) >= 11 is 0. The first-order chi connectivity index (χ1) is 14.7. The van der Waals surface area contributed by atoms with Gasteiger partial charge < -0.3 is 25.0 Å². The number of benzene rings is 1. The average molecular weight is 429 g/mol. The van der Waals surface area contributed by atoms with Crippen molar-refractivity contribution in [1.29, 1.82) is 0 Å². The van der Waals surface area contributed by atoms with Crippen molar-refractivity contribution in [1.82, 2.24) is 15.3 Å². The Morgan fingerprint density at radius 1 is 1.26 bits per heavy atom.